The minimum absolute atomic E-state index is 1.28. The fraction of sp³-hybridized carbons (Fsp3) is 0.867. The SMILES string of the molecule is CCCCC=CCCCCCCCCCI. The lowest BCUT2D eigenvalue weighted by atomic mass is 10.1. The molecular formula is C15H29I. The molecule has 0 aliphatic carbocycles. The summed E-state index contributed by atoms with van der Waals surface area (Å²) in [6, 6.07) is 0. The molecule has 1 heteroatoms. The Hall–Kier alpha value is 0.470. The van der Waals surface area contributed by atoms with Crippen molar-refractivity contribution in [2.45, 2.75) is 77.6 Å². The molecule has 0 spiro atoms. The van der Waals surface area contributed by atoms with E-state index in [0.717, 1.165) is 0 Å². The summed E-state index contributed by atoms with van der Waals surface area (Å²) in [6.07, 6.45) is 20.1. The summed E-state index contributed by atoms with van der Waals surface area (Å²) < 4.78 is 1.33. The minimum Gasteiger partial charge on any atom is -0.0885 e. The van der Waals surface area contributed by atoms with Gasteiger partial charge in [0.25, 0.3) is 0 Å². The van der Waals surface area contributed by atoms with Gasteiger partial charge in [0.1, 0.15) is 0 Å². The molecule has 0 radical (unpaired) electrons. The minimum atomic E-state index is 1.28. The number of hydrogen-bond acceptors (Lipinski definition) is 0. The van der Waals surface area contributed by atoms with E-state index < -0.39 is 0 Å². The Balaban J connectivity index is 2.95. The van der Waals surface area contributed by atoms with Crippen LogP contribution in [-0.4, -0.2) is 4.43 Å². The van der Waals surface area contributed by atoms with Crippen LogP contribution in [0.3, 0.4) is 0 Å². The van der Waals surface area contributed by atoms with Gasteiger partial charge in [-0.25, -0.2) is 0 Å². The molecule has 0 rings (SSSR count). The summed E-state index contributed by atoms with van der Waals surface area (Å²) in [4.78, 5) is 0. The molecule has 0 amide bonds. The van der Waals surface area contributed by atoms with Gasteiger partial charge in [-0.3, -0.25) is 0 Å². The van der Waals surface area contributed by atoms with Crippen molar-refractivity contribution in [2.75, 3.05) is 4.43 Å². The van der Waals surface area contributed by atoms with Crippen molar-refractivity contribution in [3.63, 3.8) is 0 Å². The number of allylic oxidation sites excluding steroid dienone is 2. The van der Waals surface area contributed by atoms with Crippen molar-refractivity contribution in [2.24, 2.45) is 0 Å². The number of halogens is 1. The van der Waals surface area contributed by atoms with Crippen LogP contribution in [0.5, 0.6) is 0 Å². The zero-order chi connectivity index (χ0) is 11.9. The topological polar surface area (TPSA) is 0 Å². The summed E-state index contributed by atoms with van der Waals surface area (Å²) in [5.41, 5.74) is 0. The summed E-state index contributed by atoms with van der Waals surface area (Å²) in [5.74, 6) is 0. The van der Waals surface area contributed by atoms with Crippen molar-refractivity contribution in [1.29, 1.82) is 0 Å². The van der Waals surface area contributed by atoms with E-state index >= 15 is 0 Å². The van der Waals surface area contributed by atoms with Crippen LogP contribution < -0.4 is 0 Å². The first-order valence-corrected chi connectivity index (χ1v) is 8.65. The third-order valence-electron chi connectivity index (χ3n) is 2.90. The van der Waals surface area contributed by atoms with Crippen LogP contribution in [0.25, 0.3) is 0 Å². The molecule has 0 aliphatic rings. The van der Waals surface area contributed by atoms with Gasteiger partial charge >= 0.3 is 0 Å². The van der Waals surface area contributed by atoms with Gasteiger partial charge in [0.15, 0.2) is 0 Å². The lowest BCUT2D eigenvalue weighted by Crippen LogP contribution is -1.80. The van der Waals surface area contributed by atoms with Gasteiger partial charge in [0.2, 0.25) is 0 Å². The van der Waals surface area contributed by atoms with Crippen LogP contribution >= 0.6 is 22.6 Å². The molecule has 0 aliphatic heterocycles. The number of hydrogen-bond donors (Lipinski definition) is 0. The fourth-order valence-corrected chi connectivity index (χ4v) is 2.34. The average molecular weight is 336 g/mol. The van der Waals surface area contributed by atoms with E-state index in [4.69, 9.17) is 0 Å². The van der Waals surface area contributed by atoms with Crippen LogP contribution in [0.1, 0.15) is 77.6 Å². The summed E-state index contributed by atoms with van der Waals surface area (Å²) in [6.45, 7) is 2.26. The number of unbranched alkanes of at least 4 members (excludes halogenated alkanes) is 9. The molecule has 0 bridgehead atoms. The molecule has 0 aromatic heterocycles. The standard InChI is InChI=1S/C15H29I/c1-2-3-4-5-6-7-8-9-10-11-12-13-14-15-16/h5-6H,2-4,7-15H2,1H3. The van der Waals surface area contributed by atoms with E-state index in [2.05, 4.69) is 41.7 Å². The quantitative estimate of drug-likeness (QED) is 0.170. The molecule has 16 heavy (non-hydrogen) atoms. The van der Waals surface area contributed by atoms with Crippen molar-refractivity contribution in [3.8, 4) is 0 Å². The average Bonchev–Trinajstić information content (AvgIpc) is 2.31. The first kappa shape index (κ1) is 16.5. The first-order valence-electron chi connectivity index (χ1n) is 7.12. The van der Waals surface area contributed by atoms with Crippen LogP contribution in [0.15, 0.2) is 12.2 Å². The van der Waals surface area contributed by atoms with Crippen LogP contribution in [0.4, 0.5) is 0 Å². The third kappa shape index (κ3) is 14.5. The van der Waals surface area contributed by atoms with E-state index in [1.54, 1.807) is 0 Å². The predicted octanol–water partition coefficient (Wildman–Crippen LogP) is 6.29. The molecule has 0 aromatic rings. The highest BCUT2D eigenvalue weighted by Gasteiger charge is 1.90. The highest BCUT2D eigenvalue weighted by molar-refractivity contribution is 14.1. The van der Waals surface area contributed by atoms with Crippen molar-refractivity contribution >= 4 is 22.6 Å². The largest absolute Gasteiger partial charge is 0.0885 e. The molecule has 0 unspecified atom stereocenters. The maximum absolute atomic E-state index is 2.47. The molecule has 0 fully saturated rings. The maximum Gasteiger partial charge on any atom is -0.000473 e. The van der Waals surface area contributed by atoms with Gasteiger partial charge in [0.05, 0.1) is 0 Å². The Kier molecular flexibility index (Phi) is 15.9. The number of rotatable bonds is 12. The molecule has 0 saturated heterocycles. The second kappa shape index (κ2) is 15.5. The second-order valence-corrected chi connectivity index (χ2v) is 5.64. The monoisotopic (exact) mass is 336 g/mol. The predicted molar refractivity (Wildman–Crippen MR) is 84.5 cm³/mol. The molecular weight excluding hydrogens is 307 g/mol. The van der Waals surface area contributed by atoms with Crippen LogP contribution in [0.2, 0.25) is 0 Å². The van der Waals surface area contributed by atoms with Gasteiger partial charge in [0, 0.05) is 0 Å². The molecule has 0 aromatic carbocycles. The van der Waals surface area contributed by atoms with Gasteiger partial charge in [-0.15, -0.1) is 0 Å². The normalized spacial score (nSPS) is 11.4. The van der Waals surface area contributed by atoms with Crippen molar-refractivity contribution in [3.05, 3.63) is 12.2 Å². The van der Waals surface area contributed by atoms with Crippen LogP contribution in [-0.2, 0) is 0 Å². The van der Waals surface area contributed by atoms with Crippen LogP contribution in [0, 0.1) is 0 Å². The Morgan fingerprint density at radius 3 is 1.75 bits per heavy atom. The zero-order valence-electron chi connectivity index (χ0n) is 11.0. The summed E-state index contributed by atoms with van der Waals surface area (Å²) in [5, 5.41) is 0. The molecule has 0 N–H and O–H groups in total. The van der Waals surface area contributed by atoms with Gasteiger partial charge in [-0.05, 0) is 30.1 Å². The van der Waals surface area contributed by atoms with E-state index in [-0.39, 0.29) is 0 Å². The summed E-state index contributed by atoms with van der Waals surface area (Å²) >= 11 is 2.47. The van der Waals surface area contributed by atoms with E-state index in [0.29, 0.717) is 0 Å². The Morgan fingerprint density at radius 2 is 1.19 bits per heavy atom. The molecule has 0 atom stereocenters. The maximum atomic E-state index is 2.47. The number of alkyl halides is 1. The van der Waals surface area contributed by atoms with Gasteiger partial charge in [-0.2, -0.15) is 0 Å². The fourth-order valence-electron chi connectivity index (χ4n) is 1.80. The Morgan fingerprint density at radius 1 is 0.688 bits per heavy atom. The third-order valence-corrected chi connectivity index (χ3v) is 3.66. The molecule has 96 valence electrons. The van der Waals surface area contributed by atoms with Crippen molar-refractivity contribution < 1.29 is 0 Å². The molecule has 0 nitrogen and oxygen atoms in total. The van der Waals surface area contributed by atoms with Crippen molar-refractivity contribution in [1.82, 2.24) is 0 Å². The second-order valence-electron chi connectivity index (χ2n) is 4.57. The van der Waals surface area contributed by atoms with E-state index in [9.17, 15) is 0 Å². The molecule has 0 heterocycles. The highest BCUT2D eigenvalue weighted by atomic mass is 127. The Bertz CT molecular complexity index is 140. The summed E-state index contributed by atoms with van der Waals surface area (Å²) in [7, 11) is 0. The van der Waals surface area contributed by atoms with Gasteiger partial charge < -0.3 is 0 Å². The molecule has 0 saturated carbocycles. The zero-order valence-corrected chi connectivity index (χ0v) is 13.2. The van der Waals surface area contributed by atoms with E-state index in [1.165, 1.54) is 75.1 Å². The lowest BCUT2D eigenvalue weighted by molar-refractivity contribution is 0.594. The lowest BCUT2D eigenvalue weighted by Gasteiger charge is -1.99. The first-order chi connectivity index (χ1) is 7.91. The van der Waals surface area contributed by atoms with E-state index in [1.807, 2.05) is 0 Å². The van der Waals surface area contributed by atoms with Gasteiger partial charge in [-0.1, -0.05) is 86.6 Å². The highest BCUT2D eigenvalue weighted by Crippen LogP contribution is 2.09. The smallest absolute Gasteiger partial charge is 0.000473 e. The Labute approximate surface area is 116 Å².